The number of carbonyl (C=O) groups is 1. The topological polar surface area (TPSA) is 29.1 Å². The molecule has 18 heavy (non-hydrogen) atoms. The van der Waals surface area contributed by atoms with E-state index in [4.69, 9.17) is 0 Å². The Bertz CT molecular complexity index is 573. The molecule has 2 nitrogen and oxygen atoms in total. The monoisotopic (exact) mass is 237 g/mol. The van der Waals surface area contributed by atoms with Gasteiger partial charge in [-0.15, -0.1) is 0 Å². The van der Waals surface area contributed by atoms with Gasteiger partial charge in [-0.3, -0.25) is 4.79 Å². The van der Waals surface area contributed by atoms with Crippen LogP contribution in [-0.2, 0) is 0 Å². The third kappa shape index (κ3) is 2.66. The molecular formula is C16H15NO. The second-order valence-electron chi connectivity index (χ2n) is 3.92. The first-order valence-corrected chi connectivity index (χ1v) is 5.84. The first-order valence-electron chi connectivity index (χ1n) is 5.84. The Morgan fingerprint density at radius 3 is 2.06 bits per heavy atom. The molecule has 0 heterocycles. The molecular weight excluding hydrogens is 222 g/mol. The highest BCUT2D eigenvalue weighted by Crippen LogP contribution is 2.18. The van der Waals surface area contributed by atoms with Crippen LogP contribution < -0.4 is 5.32 Å². The average Bonchev–Trinajstić information content (AvgIpc) is 2.45. The minimum Gasteiger partial charge on any atom is -0.388 e. The molecule has 0 radical (unpaired) electrons. The summed E-state index contributed by atoms with van der Waals surface area (Å²) in [4.78, 5) is 10.9. The predicted molar refractivity (Wildman–Crippen MR) is 76.7 cm³/mol. The van der Waals surface area contributed by atoms with Crippen LogP contribution in [0.4, 0.5) is 5.69 Å². The number of carbonyl (C=O) groups excluding carboxylic acids is 1. The molecule has 2 aromatic carbocycles. The molecule has 0 fully saturated rings. The van der Waals surface area contributed by atoms with Crippen LogP contribution in [0.5, 0.6) is 0 Å². The lowest BCUT2D eigenvalue weighted by Crippen LogP contribution is -1.90. The van der Waals surface area contributed by atoms with Gasteiger partial charge < -0.3 is 5.32 Å². The van der Waals surface area contributed by atoms with Crippen LogP contribution in [0.1, 0.15) is 21.5 Å². The Balaban J connectivity index is 2.33. The Morgan fingerprint density at radius 2 is 1.39 bits per heavy atom. The summed E-state index contributed by atoms with van der Waals surface area (Å²) in [5, 5.41) is 3.14. The molecule has 2 heteroatoms. The van der Waals surface area contributed by atoms with Crippen LogP contribution in [-0.4, -0.2) is 13.3 Å². The van der Waals surface area contributed by atoms with Crippen molar-refractivity contribution in [3.05, 3.63) is 65.2 Å². The maximum Gasteiger partial charge on any atom is 0.150 e. The lowest BCUT2D eigenvalue weighted by atomic mass is 10.1. The van der Waals surface area contributed by atoms with Crippen molar-refractivity contribution in [3.8, 4) is 0 Å². The second-order valence-corrected chi connectivity index (χ2v) is 3.92. The quantitative estimate of drug-likeness (QED) is 0.648. The van der Waals surface area contributed by atoms with E-state index in [-0.39, 0.29) is 0 Å². The zero-order valence-corrected chi connectivity index (χ0v) is 10.3. The molecule has 0 atom stereocenters. The molecule has 0 saturated heterocycles. The number of rotatable bonds is 4. The highest BCUT2D eigenvalue weighted by Gasteiger charge is 1.97. The van der Waals surface area contributed by atoms with Crippen LogP contribution in [0.25, 0.3) is 12.2 Å². The summed E-state index contributed by atoms with van der Waals surface area (Å²) >= 11 is 0. The van der Waals surface area contributed by atoms with Gasteiger partial charge in [0, 0.05) is 18.3 Å². The van der Waals surface area contributed by atoms with Crippen LogP contribution in [0.2, 0.25) is 0 Å². The molecule has 0 aliphatic rings. The highest BCUT2D eigenvalue weighted by molar-refractivity contribution is 5.86. The lowest BCUT2D eigenvalue weighted by Gasteiger charge is -2.04. The first-order chi connectivity index (χ1) is 8.85. The molecule has 0 amide bonds. The third-order valence-corrected chi connectivity index (χ3v) is 2.80. The molecule has 0 aromatic heterocycles. The van der Waals surface area contributed by atoms with Gasteiger partial charge in [0.15, 0.2) is 6.29 Å². The highest BCUT2D eigenvalue weighted by atomic mass is 16.1. The van der Waals surface area contributed by atoms with Crippen molar-refractivity contribution in [1.82, 2.24) is 0 Å². The Labute approximate surface area is 107 Å². The number of hydrogen-bond donors (Lipinski definition) is 1. The van der Waals surface area contributed by atoms with E-state index < -0.39 is 0 Å². The summed E-state index contributed by atoms with van der Waals surface area (Å²) in [6, 6.07) is 15.6. The average molecular weight is 237 g/mol. The largest absolute Gasteiger partial charge is 0.388 e. The molecule has 90 valence electrons. The third-order valence-electron chi connectivity index (χ3n) is 2.80. The molecule has 2 aromatic rings. The summed E-state index contributed by atoms with van der Waals surface area (Å²) in [6.45, 7) is 0. The van der Waals surface area contributed by atoms with Gasteiger partial charge in [-0.2, -0.15) is 0 Å². The molecule has 0 unspecified atom stereocenters. The van der Waals surface area contributed by atoms with Crippen molar-refractivity contribution in [2.75, 3.05) is 12.4 Å². The normalized spacial score (nSPS) is 10.5. The van der Waals surface area contributed by atoms with Crippen molar-refractivity contribution in [2.24, 2.45) is 0 Å². The second kappa shape index (κ2) is 5.82. The van der Waals surface area contributed by atoms with E-state index in [2.05, 4.69) is 5.32 Å². The van der Waals surface area contributed by atoms with E-state index in [0.29, 0.717) is 5.56 Å². The van der Waals surface area contributed by atoms with Crippen molar-refractivity contribution in [3.63, 3.8) is 0 Å². The lowest BCUT2D eigenvalue weighted by molar-refractivity contribution is 0.112. The number of aldehydes is 1. The number of benzene rings is 2. The number of para-hydroxylation sites is 1. The Morgan fingerprint density at radius 1 is 0.833 bits per heavy atom. The van der Waals surface area contributed by atoms with Crippen LogP contribution in [0.3, 0.4) is 0 Å². The predicted octanol–water partition coefficient (Wildman–Crippen LogP) is 3.71. The van der Waals surface area contributed by atoms with E-state index in [1.165, 1.54) is 0 Å². The molecule has 0 aliphatic carbocycles. The van der Waals surface area contributed by atoms with E-state index >= 15 is 0 Å². The standard InChI is InChI=1S/C16H15NO/c1-17-16-9-5-4-7-14(16)11-10-13-6-2-3-8-15(13)12-18/h2-12,17H,1H3/b11-10-. The summed E-state index contributed by atoms with van der Waals surface area (Å²) < 4.78 is 0. The maximum absolute atomic E-state index is 10.9. The van der Waals surface area contributed by atoms with Crippen LogP contribution >= 0.6 is 0 Å². The van der Waals surface area contributed by atoms with Gasteiger partial charge in [-0.25, -0.2) is 0 Å². The smallest absolute Gasteiger partial charge is 0.150 e. The van der Waals surface area contributed by atoms with Crippen molar-refractivity contribution in [1.29, 1.82) is 0 Å². The van der Waals surface area contributed by atoms with Crippen molar-refractivity contribution < 1.29 is 4.79 Å². The number of hydrogen-bond acceptors (Lipinski definition) is 2. The fourth-order valence-corrected chi connectivity index (χ4v) is 1.82. The van der Waals surface area contributed by atoms with Crippen LogP contribution in [0.15, 0.2) is 48.5 Å². The van der Waals surface area contributed by atoms with Gasteiger partial charge in [-0.05, 0) is 17.2 Å². The van der Waals surface area contributed by atoms with E-state index in [0.717, 1.165) is 23.1 Å². The van der Waals surface area contributed by atoms with Gasteiger partial charge in [0.2, 0.25) is 0 Å². The zero-order valence-electron chi connectivity index (χ0n) is 10.3. The fourth-order valence-electron chi connectivity index (χ4n) is 1.82. The Kier molecular flexibility index (Phi) is 3.92. The van der Waals surface area contributed by atoms with E-state index in [1.807, 2.05) is 67.7 Å². The molecule has 2 rings (SSSR count). The summed E-state index contributed by atoms with van der Waals surface area (Å²) in [5.74, 6) is 0. The molecule has 0 spiro atoms. The molecule has 1 N–H and O–H groups in total. The van der Waals surface area contributed by atoms with Gasteiger partial charge in [-0.1, -0.05) is 54.6 Å². The minimum absolute atomic E-state index is 0.704. The van der Waals surface area contributed by atoms with E-state index in [1.54, 1.807) is 0 Å². The van der Waals surface area contributed by atoms with Crippen LogP contribution in [0, 0.1) is 0 Å². The van der Waals surface area contributed by atoms with Gasteiger partial charge in [0.25, 0.3) is 0 Å². The van der Waals surface area contributed by atoms with E-state index in [9.17, 15) is 4.79 Å². The fraction of sp³-hybridized carbons (Fsp3) is 0.0625. The Hall–Kier alpha value is -2.35. The SMILES string of the molecule is CNc1ccccc1/C=C\c1ccccc1C=O. The zero-order chi connectivity index (χ0) is 12.8. The molecule has 0 bridgehead atoms. The van der Waals surface area contributed by atoms with Crippen molar-refractivity contribution >= 4 is 24.1 Å². The summed E-state index contributed by atoms with van der Waals surface area (Å²) in [6.07, 6.45) is 4.84. The first kappa shape index (κ1) is 12.1. The van der Waals surface area contributed by atoms with Gasteiger partial charge >= 0.3 is 0 Å². The molecule has 0 saturated carbocycles. The minimum atomic E-state index is 0.704. The van der Waals surface area contributed by atoms with Gasteiger partial charge in [0.1, 0.15) is 0 Å². The molecule has 0 aliphatic heterocycles. The van der Waals surface area contributed by atoms with Gasteiger partial charge in [0.05, 0.1) is 0 Å². The van der Waals surface area contributed by atoms with Crippen molar-refractivity contribution in [2.45, 2.75) is 0 Å². The number of nitrogens with one attached hydrogen (secondary N) is 1. The number of anilines is 1. The summed E-state index contributed by atoms with van der Waals surface area (Å²) in [5.41, 5.74) is 3.80. The maximum atomic E-state index is 10.9. The summed E-state index contributed by atoms with van der Waals surface area (Å²) in [7, 11) is 1.89.